The Balaban J connectivity index is 1.84. The van der Waals surface area contributed by atoms with E-state index in [1.54, 1.807) is 18.2 Å². The van der Waals surface area contributed by atoms with Crippen molar-refractivity contribution in [2.24, 2.45) is 5.92 Å². The molecule has 26 heavy (non-hydrogen) atoms. The summed E-state index contributed by atoms with van der Waals surface area (Å²) < 4.78 is 6.35. The first-order valence-electron chi connectivity index (χ1n) is 8.15. The van der Waals surface area contributed by atoms with Gasteiger partial charge in [-0.1, -0.05) is 24.6 Å². The van der Waals surface area contributed by atoms with Crippen molar-refractivity contribution in [1.29, 1.82) is 0 Å². The fourth-order valence-electron chi connectivity index (χ4n) is 3.72. The van der Waals surface area contributed by atoms with E-state index in [0.29, 0.717) is 15.9 Å². The van der Waals surface area contributed by atoms with Crippen LogP contribution < -0.4 is 15.0 Å². The zero-order chi connectivity index (χ0) is 18.6. The second-order valence-corrected chi connectivity index (χ2v) is 7.49. The molecule has 2 heterocycles. The highest BCUT2D eigenvalue weighted by atomic mass is 35.5. The van der Waals surface area contributed by atoms with Gasteiger partial charge in [-0.05, 0) is 43.4 Å². The minimum Gasteiger partial charge on any atom is -0.467 e. The van der Waals surface area contributed by atoms with Crippen LogP contribution in [0.3, 0.4) is 0 Å². The number of nitrogens with zero attached hydrogens (tertiary/aromatic N) is 2. The molecule has 2 aromatic rings. The number of nitro groups is 1. The van der Waals surface area contributed by atoms with Crippen molar-refractivity contribution >= 4 is 40.3 Å². The molecule has 0 aromatic heterocycles. The number of halogens is 1. The molecule has 3 atom stereocenters. The van der Waals surface area contributed by atoms with E-state index in [0.717, 1.165) is 11.3 Å². The summed E-state index contributed by atoms with van der Waals surface area (Å²) in [5.74, 6) is 0.589. The van der Waals surface area contributed by atoms with Crippen LogP contribution in [0, 0.1) is 16.0 Å². The highest BCUT2D eigenvalue weighted by Crippen LogP contribution is 2.49. The summed E-state index contributed by atoms with van der Waals surface area (Å²) in [6.07, 6.45) is 0. The Bertz CT molecular complexity index is 938. The average Bonchev–Trinajstić information content (AvgIpc) is 2.57. The molecule has 2 bridgehead atoms. The van der Waals surface area contributed by atoms with Gasteiger partial charge in [0.15, 0.2) is 10.8 Å². The van der Waals surface area contributed by atoms with Gasteiger partial charge in [0.2, 0.25) is 0 Å². The predicted molar refractivity (Wildman–Crippen MR) is 104 cm³/mol. The number of hydrogen-bond acceptors (Lipinski definition) is 4. The van der Waals surface area contributed by atoms with E-state index < -0.39 is 10.6 Å². The van der Waals surface area contributed by atoms with Crippen molar-refractivity contribution in [1.82, 2.24) is 5.32 Å². The smallest absolute Gasteiger partial charge is 0.270 e. The maximum atomic E-state index is 11.1. The largest absolute Gasteiger partial charge is 0.467 e. The van der Waals surface area contributed by atoms with Gasteiger partial charge < -0.3 is 10.1 Å². The van der Waals surface area contributed by atoms with Crippen LogP contribution in [0.4, 0.5) is 11.4 Å². The molecular weight excluding hydrogens is 374 g/mol. The van der Waals surface area contributed by atoms with Crippen molar-refractivity contribution in [3.8, 4) is 5.75 Å². The second kappa shape index (κ2) is 5.82. The van der Waals surface area contributed by atoms with Crippen LogP contribution in [0.1, 0.15) is 25.5 Å². The number of nitrogens with one attached hydrogen (secondary N) is 1. The van der Waals surface area contributed by atoms with Gasteiger partial charge in [0.05, 0.1) is 11.0 Å². The van der Waals surface area contributed by atoms with Crippen LogP contribution in [0.2, 0.25) is 5.02 Å². The average molecular weight is 390 g/mol. The zero-order valence-electron chi connectivity index (χ0n) is 14.1. The third-order valence-electron chi connectivity index (χ3n) is 5.19. The van der Waals surface area contributed by atoms with Gasteiger partial charge in [-0.3, -0.25) is 15.0 Å². The maximum absolute atomic E-state index is 11.1. The topological polar surface area (TPSA) is 67.6 Å². The number of benzene rings is 2. The Hall–Kier alpha value is -2.38. The molecule has 1 saturated heterocycles. The van der Waals surface area contributed by atoms with E-state index in [2.05, 4.69) is 5.32 Å². The number of non-ortho nitro benzene ring substituents is 1. The summed E-state index contributed by atoms with van der Waals surface area (Å²) in [5.41, 5.74) is 0.861. The minimum atomic E-state index is -0.749. The van der Waals surface area contributed by atoms with E-state index in [4.69, 9.17) is 28.6 Å². The van der Waals surface area contributed by atoms with Crippen molar-refractivity contribution in [3.63, 3.8) is 0 Å². The lowest BCUT2D eigenvalue weighted by Gasteiger charge is -2.56. The molecule has 0 saturated carbocycles. The molecule has 0 amide bonds. The third kappa shape index (κ3) is 2.42. The number of hydrogen-bond donors (Lipinski definition) is 1. The van der Waals surface area contributed by atoms with Crippen LogP contribution in [-0.4, -0.2) is 15.8 Å². The highest BCUT2D eigenvalue weighted by Gasteiger charge is 2.54. The summed E-state index contributed by atoms with van der Waals surface area (Å²) in [6.45, 7) is 4.02. The van der Waals surface area contributed by atoms with Crippen LogP contribution in [0.15, 0.2) is 42.5 Å². The first-order chi connectivity index (χ1) is 12.3. The van der Waals surface area contributed by atoms with E-state index in [9.17, 15) is 10.1 Å². The third-order valence-corrected chi connectivity index (χ3v) is 5.73. The lowest BCUT2D eigenvalue weighted by molar-refractivity contribution is -0.385. The molecule has 2 unspecified atom stereocenters. The molecule has 2 aliphatic heterocycles. The Labute approximate surface area is 160 Å². The zero-order valence-corrected chi connectivity index (χ0v) is 15.7. The van der Waals surface area contributed by atoms with Crippen LogP contribution in [-0.2, 0) is 0 Å². The summed E-state index contributed by atoms with van der Waals surface area (Å²) in [6, 6.07) is 11.9. The molecule has 134 valence electrons. The maximum Gasteiger partial charge on any atom is 0.270 e. The molecule has 0 spiro atoms. The number of nitro benzene ring substituents is 1. The summed E-state index contributed by atoms with van der Waals surface area (Å²) in [5, 5.41) is 15.6. The Morgan fingerprint density at radius 2 is 2.12 bits per heavy atom. The fourth-order valence-corrected chi connectivity index (χ4v) is 4.32. The Morgan fingerprint density at radius 1 is 1.35 bits per heavy atom. The number of anilines is 1. The summed E-state index contributed by atoms with van der Waals surface area (Å²) in [7, 11) is 0. The first-order valence-corrected chi connectivity index (χ1v) is 8.93. The van der Waals surface area contributed by atoms with Crippen molar-refractivity contribution in [3.05, 3.63) is 63.2 Å². The van der Waals surface area contributed by atoms with Crippen molar-refractivity contribution in [2.75, 3.05) is 4.90 Å². The van der Waals surface area contributed by atoms with Crippen LogP contribution in [0.5, 0.6) is 5.75 Å². The molecule has 0 aliphatic carbocycles. The number of thiocarbonyl (C=S) groups is 1. The molecule has 2 aliphatic rings. The summed E-state index contributed by atoms with van der Waals surface area (Å²) >= 11 is 11.8. The van der Waals surface area contributed by atoms with Crippen LogP contribution >= 0.6 is 23.8 Å². The summed E-state index contributed by atoms with van der Waals surface area (Å²) in [4.78, 5) is 12.6. The second-order valence-electron chi connectivity index (χ2n) is 6.67. The Morgan fingerprint density at radius 3 is 2.81 bits per heavy atom. The van der Waals surface area contributed by atoms with Gasteiger partial charge in [0, 0.05) is 34.3 Å². The van der Waals surface area contributed by atoms with E-state index in [1.165, 1.54) is 6.07 Å². The SMILES string of the molecule is CC1C2NC(=S)N(c3cccc(Cl)c3)[C@]1(C)Oc1ccc([N+](=O)[O-])cc12. The molecule has 1 fully saturated rings. The quantitative estimate of drug-likeness (QED) is 0.465. The van der Waals surface area contributed by atoms with E-state index in [-0.39, 0.29) is 17.6 Å². The van der Waals surface area contributed by atoms with Crippen molar-refractivity contribution < 1.29 is 9.66 Å². The van der Waals surface area contributed by atoms with Gasteiger partial charge in [0.1, 0.15) is 5.75 Å². The lowest BCUT2D eigenvalue weighted by Crippen LogP contribution is -2.69. The number of rotatable bonds is 2. The fraction of sp³-hybridized carbons (Fsp3) is 0.278. The van der Waals surface area contributed by atoms with Gasteiger partial charge in [-0.2, -0.15) is 0 Å². The molecule has 4 rings (SSSR count). The predicted octanol–water partition coefficient (Wildman–Crippen LogP) is 4.43. The van der Waals surface area contributed by atoms with Gasteiger partial charge >= 0.3 is 0 Å². The monoisotopic (exact) mass is 389 g/mol. The van der Waals surface area contributed by atoms with Gasteiger partial charge in [0.25, 0.3) is 5.69 Å². The van der Waals surface area contributed by atoms with E-state index in [1.807, 2.05) is 36.9 Å². The molecular formula is C18H16ClN3O3S. The normalized spacial score (nSPS) is 26.6. The van der Waals surface area contributed by atoms with Gasteiger partial charge in [-0.25, -0.2) is 0 Å². The van der Waals surface area contributed by atoms with Crippen molar-refractivity contribution in [2.45, 2.75) is 25.6 Å². The van der Waals surface area contributed by atoms with E-state index >= 15 is 0 Å². The molecule has 1 N–H and O–H groups in total. The van der Waals surface area contributed by atoms with Crippen LogP contribution in [0.25, 0.3) is 0 Å². The minimum absolute atomic E-state index is 0.0253. The molecule has 8 heteroatoms. The molecule has 6 nitrogen and oxygen atoms in total. The highest BCUT2D eigenvalue weighted by molar-refractivity contribution is 7.80. The molecule has 0 radical (unpaired) electrons. The molecule has 2 aromatic carbocycles. The standard InChI is InChI=1S/C18H16ClN3O3S/c1-10-16-14-9-13(22(23)24)6-7-15(14)25-18(10,2)21(17(26)20-16)12-5-3-4-11(19)8-12/h3-10,16H,1-2H3,(H,20,26)/t10?,16?,18-/m1/s1. The number of ether oxygens (including phenoxy) is 1. The first kappa shape index (κ1) is 17.1. The number of fused-ring (bicyclic) bond motifs is 4. The lowest BCUT2D eigenvalue weighted by atomic mass is 9.80. The Kier molecular flexibility index (Phi) is 3.82. The van der Waals surface area contributed by atoms with Gasteiger partial charge in [-0.15, -0.1) is 0 Å².